The molecule has 0 amide bonds. The number of nitro groups is 1. The molecule has 0 aliphatic rings. The van der Waals surface area contributed by atoms with E-state index >= 15 is 0 Å². The van der Waals surface area contributed by atoms with Crippen molar-refractivity contribution in [3.05, 3.63) is 33.4 Å². The van der Waals surface area contributed by atoms with Gasteiger partial charge in [-0.2, -0.15) is 0 Å². The van der Waals surface area contributed by atoms with E-state index in [1.165, 1.54) is 0 Å². The van der Waals surface area contributed by atoms with Gasteiger partial charge < -0.3 is 10.1 Å². The van der Waals surface area contributed by atoms with Gasteiger partial charge in [0, 0.05) is 24.1 Å². The molecule has 1 aromatic carbocycles. The summed E-state index contributed by atoms with van der Waals surface area (Å²) in [5, 5.41) is 14.1. The van der Waals surface area contributed by atoms with E-state index in [1.54, 1.807) is 19.1 Å². The molecule has 1 rings (SSSR count). The maximum atomic E-state index is 10.8. The molecule has 1 atom stereocenters. The Morgan fingerprint density at radius 3 is 2.63 bits per heavy atom. The molecule has 0 radical (unpaired) electrons. The van der Waals surface area contributed by atoms with E-state index in [4.69, 9.17) is 4.74 Å². The minimum atomic E-state index is -0.361. The molecule has 0 aromatic heterocycles. The zero-order valence-electron chi connectivity index (χ0n) is 12.0. The molecule has 0 aliphatic heterocycles. The minimum Gasteiger partial charge on any atom is -0.493 e. The summed E-state index contributed by atoms with van der Waals surface area (Å²) in [5.41, 5.74) is 1.57. The average molecular weight is 266 g/mol. The van der Waals surface area contributed by atoms with Crippen LogP contribution in [-0.2, 0) is 0 Å². The number of hydrogen-bond donors (Lipinski definition) is 1. The van der Waals surface area contributed by atoms with Crippen molar-refractivity contribution in [1.29, 1.82) is 0 Å². The van der Waals surface area contributed by atoms with E-state index in [-0.39, 0.29) is 10.6 Å². The topological polar surface area (TPSA) is 64.4 Å². The summed E-state index contributed by atoms with van der Waals surface area (Å²) in [7, 11) is 0. The number of ether oxygens (including phenoxy) is 1. The molecular weight excluding hydrogens is 244 g/mol. The van der Waals surface area contributed by atoms with Gasteiger partial charge in [-0.15, -0.1) is 0 Å². The van der Waals surface area contributed by atoms with Crippen molar-refractivity contribution >= 4 is 5.69 Å². The van der Waals surface area contributed by atoms with Crippen LogP contribution in [0.25, 0.3) is 0 Å². The molecule has 5 nitrogen and oxygen atoms in total. The Morgan fingerprint density at radius 2 is 2.05 bits per heavy atom. The summed E-state index contributed by atoms with van der Waals surface area (Å²) in [4.78, 5) is 10.5. The van der Waals surface area contributed by atoms with Crippen LogP contribution in [0.5, 0.6) is 5.75 Å². The second kappa shape index (κ2) is 7.09. The van der Waals surface area contributed by atoms with Crippen LogP contribution in [0.1, 0.15) is 25.0 Å². The van der Waals surface area contributed by atoms with Gasteiger partial charge >= 0.3 is 0 Å². The quantitative estimate of drug-likeness (QED) is 0.609. The molecule has 1 unspecified atom stereocenters. The molecule has 0 fully saturated rings. The van der Waals surface area contributed by atoms with E-state index in [0.717, 1.165) is 24.4 Å². The second-order valence-electron chi connectivity index (χ2n) is 4.89. The third-order valence-electron chi connectivity index (χ3n) is 2.96. The number of nitrogens with zero attached hydrogens (tertiary/aromatic N) is 1. The van der Waals surface area contributed by atoms with Gasteiger partial charge in [0.25, 0.3) is 5.69 Å². The van der Waals surface area contributed by atoms with E-state index < -0.39 is 0 Å². The van der Waals surface area contributed by atoms with Crippen molar-refractivity contribution in [1.82, 2.24) is 5.32 Å². The Bertz CT molecular complexity index is 447. The lowest BCUT2D eigenvalue weighted by molar-refractivity contribution is -0.385. The van der Waals surface area contributed by atoms with E-state index in [9.17, 15) is 10.1 Å². The normalized spacial score (nSPS) is 12.2. The average Bonchev–Trinajstić information content (AvgIpc) is 2.36. The summed E-state index contributed by atoms with van der Waals surface area (Å²) in [6.07, 6.45) is 0. The zero-order chi connectivity index (χ0) is 14.4. The number of rotatable bonds is 7. The van der Waals surface area contributed by atoms with Crippen molar-refractivity contribution in [2.45, 2.75) is 27.7 Å². The SMILES string of the molecule is CCNCC(C)COc1cc(C)c([N+](=O)[O-])cc1C. The summed E-state index contributed by atoms with van der Waals surface area (Å²) in [5.74, 6) is 1.13. The number of nitrogens with one attached hydrogen (secondary N) is 1. The maximum Gasteiger partial charge on any atom is 0.272 e. The van der Waals surface area contributed by atoms with Gasteiger partial charge in [-0.1, -0.05) is 13.8 Å². The molecule has 0 bridgehead atoms. The molecule has 0 saturated carbocycles. The Hall–Kier alpha value is -1.62. The highest BCUT2D eigenvalue weighted by Gasteiger charge is 2.14. The Kier molecular flexibility index (Phi) is 5.76. The molecule has 19 heavy (non-hydrogen) atoms. The van der Waals surface area contributed by atoms with Crippen LogP contribution < -0.4 is 10.1 Å². The first kappa shape index (κ1) is 15.4. The number of hydrogen-bond acceptors (Lipinski definition) is 4. The van der Waals surface area contributed by atoms with E-state index in [1.807, 2.05) is 6.92 Å². The van der Waals surface area contributed by atoms with Crippen LogP contribution in [0.3, 0.4) is 0 Å². The van der Waals surface area contributed by atoms with Crippen LogP contribution in [0, 0.1) is 29.9 Å². The van der Waals surface area contributed by atoms with Gasteiger partial charge in [0.15, 0.2) is 0 Å². The van der Waals surface area contributed by atoms with Gasteiger partial charge in [-0.3, -0.25) is 10.1 Å². The second-order valence-corrected chi connectivity index (χ2v) is 4.89. The fraction of sp³-hybridized carbons (Fsp3) is 0.571. The lowest BCUT2D eigenvalue weighted by atomic mass is 10.1. The number of benzene rings is 1. The van der Waals surface area contributed by atoms with E-state index in [2.05, 4.69) is 19.2 Å². The molecule has 1 aromatic rings. The van der Waals surface area contributed by atoms with Gasteiger partial charge in [-0.05, 0) is 32.0 Å². The lowest BCUT2D eigenvalue weighted by Crippen LogP contribution is -2.24. The van der Waals surface area contributed by atoms with Crippen molar-refractivity contribution in [2.75, 3.05) is 19.7 Å². The first-order valence-electron chi connectivity index (χ1n) is 6.54. The smallest absolute Gasteiger partial charge is 0.272 e. The van der Waals surface area contributed by atoms with Crippen molar-refractivity contribution < 1.29 is 9.66 Å². The van der Waals surface area contributed by atoms with Crippen LogP contribution in [0.15, 0.2) is 12.1 Å². The van der Waals surface area contributed by atoms with Crippen LogP contribution in [0.4, 0.5) is 5.69 Å². The monoisotopic (exact) mass is 266 g/mol. The van der Waals surface area contributed by atoms with Crippen LogP contribution >= 0.6 is 0 Å². The Morgan fingerprint density at radius 1 is 1.37 bits per heavy atom. The van der Waals surface area contributed by atoms with Crippen LogP contribution in [0.2, 0.25) is 0 Å². The standard InChI is InChI=1S/C14H22N2O3/c1-5-15-8-10(2)9-19-14-7-11(3)13(16(17)18)6-12(14)4/h6-7,10,15H,5,8-9H2,1-4H3. The lowest BCUT2D eigenvalue weighted by Gasteiger charge is -2.15. The first-order valence-corrected chi connectivity index (χ1v) is 6.54. The summed E-state index contributed by atoms with van der Waals surface area (Å²) in [6.45, 7) is 10.2. The summed E-state index contributed by atoms with van der Waals surface area (Å²) in [6, 6.07) is 3.31. The fourth-order valence-electron chi connectivity index (χ4n) is 1.81. The molecule has 0 heterocycles. The zero-order valence-corrected chi connectivity index (χ0v) is 12.0. The van der Waals surface area contributed by atoms with Gasteiger partial charge in [0.2, 0.25) is 0 Å². The third kappa shape index (κ3) is 4.52. The predicted molar refractivity (Wildman–Crippen MR) is 75.8 cm³/mol. The molecule has 0 aliphatic carbocycles. The molecular formula is C14H22N2O3. The maximum absolute atomic E-state index is 10.8. The minimum absolute atomic E-state index is 0.144. The highest BCUT2D eigenvalue weighted by atomic mass is 16.6. The van der Waals surface area contributed by atoms with Crippen molar-refractivity contribution in [3.63, 3.8) is 0 Å². The largest absolute Gasteiger partial charge is 0.493 e. The van der Waals surface area contributed by atoms with Crippen molar-refractivity contribution in [3.8, 4) is 5.75 Å². The predicted octanol–water partition coefficient (Wildman–Crippen LogP) is 2.84. The van der Waals surface area contributed by atoms with Gasteiger partial charge in [0.1, 0.15) is 5.75 Å². The Labute approximate surface area is 114 Å². The summed E-state index contributed by atoms with van der Waals surface area (Å²) >= 11 is 0. The molecule has 106 valence electrons. The molecule has 5 heteroatoms. The number of aryl methyl sites for hydroxylation is 2. The molecule has 0 spiro atoms. The van der Waals surface area contributed by atoms with Crippen molar-refractivity contribution in [2.24, 2.45) is 5.92 Å². The highest BCUT2D eigenvalue weighted by Crippen LogP contribution is 2.27. The molecule has 1 N–H and O–H groups in total. The van der Waals surface area contributed by atoms with Gasteiger partial charge in [-0.25, -0.2) is 0 Å². The van der Waals surface area contributed by atoms with Crippen LogP contribution in [-0.4, -0.2) is 24.6 Å². The Balaban J connectivity index is 2.69. The highest BCUT2D eigenvalue weighted by molar-refractivity contribution is 5.49. The summed E-state index contributed by atoms with van der Waals surface area (Å²) < 4.78 is 5.75. The van der Waals surface area contributed by atoms with Gasteiger partial charge in [0.05, 0.1) is 11.5 Å². The van der Waals surface area contributed by atoms with E-state index in [0.29, 0.717) is 18.1 Å². The first-order chi connectivity index (χ1) is 8.95. The fourth-order valence-corrected chi connectivity index (χ4v) is 1.81. The molecule has 0 saturated heterocycles. The number of nitro benzene ring substituents is 1. The third-order valence-corrected chi connectivity index (χ3v) is 2.96.